The summed E-state index contributed by atoms with van der Waals surface area (Å²) < 4.78 is 5.79. The number of hydrogen-bond acceptors (Lipinski definition) is 4. The molecule has 102 valence electrons. The third kappa shape index (κ3) is 3.48. The minimum Gasteiger partial charge on any atom is -0.491 e. The summed E-state index contributed by atoms with van der Waals surface area (Å²) in [6, 6.07) is 13.5. The predicted octanol–water partition coefficient (Wildman–Crippen LogP) is 2.92. The molecule has 1 aromatic carbocycles. The highest BCUT2D eigenvalue weighted by Crippen LogP contribution is 2.20. The van der Waals surface area contributed by atoms with Gasteiger partial charge < -0.3 is 9.64 Å². The van der Waals surface area contributed by atoms with E-state index in [2.05, 4.69) is 11.2 Å². The van der Waals surface area contributed by atoms with E-state index in [1.165, 1.54) is 0 Å². The molecule has 0 saturated carbocycles. The Hall–Kier alpha value is -2.54. The van der Waals surface area contributed by atoms with Crippen molar-refractivity contribution in [1.29, 1.82) is 5.26 Å². The molecule has 2 rings (SSSR count). The number of benzene rings is 1. The molecule has 0 bridgehead atoms. The fourth-order valence-corrected chi connectivity index (χ4v) is 1.96. The molecule has 4 heteroatoms. The molecule has 0 N–H and O–H groups in total. The molecule has 0 aliphatic rings. The van der Waals surface area contributed by atoms with E-state index in [0.717, 1.165) is 17.0 Å². The molecule has 2 aromatic rings. The van der Waals surface area contributed by atoms with Crippen molar-refractivity contribution >= 4 is 0 Å². The largest absolute Gasteiger partial charge is 0.491 e. The fraction of sp³-hybridized carbons (Fsp3) is 0.250. The highest BCUT2D eigenvalue weighted by atomic mass is 16.5. The summed E-state index contributed by atoms with van der Waals surface area (Å²) >= 11 is 0. The standard InChI is InChI=1S/C16H17N3O/c1-13-10-15(8-9-18-13)20-11-16(19(2)12-17)14-6-4-3-5-7-14/h3-10,16H,11H2,1-2H3. The number of nitriles is 1. The van der Waals surface area contributed by atoms with Crippen LogP contribution in [0.2, 0.25) is 0 Å². The SMILES string of the molecule is Cc1cc(OCC(c2ccccc2)N(C)C#N)ccn1. The molecule has 0 amide bonds. The van der Waals surface area contributed by atoms with E-state index in [4.69, 9.17) is 10.00 Å². The highest BCUT2D eigenvalue weighted by molar-refractivity contribution is 5.23. The Morgan fingerprint density at radius 3 is 2.70 bits per heavy atom. The minimum atomic E-state index is -0.102. The average molecular weight is 267 g/mol. The van der Waals surface area contributed by atoms with Gasteiger partial charge in [0.15, 0.2) is 6.19 Å². The van der Waals surface area contributed by atoms with E-state index < -0.39 is 0 Å². The van der Waals surface area contributed by atoms with Crippen molar-refractivity contribution in [2.24, 2.45) is 0 Å². The quantitative estimate of drug-likeness (QED) is 0.617. The average Bonchev–Trinajstić information content (AvgIpc) is 2.48. The molecule has 20 heavy (non-hydrogen) atoms. The highest BCUT2D eigenvalue weighted by Gasteiger charge is 2.16. The molecular weight excluding hydrogens is 250 g/mol. The maximum Gasteiger partial charge on any atom is 0.179 e. The number of nitrogens with zero attached hydrogens (tertiary/aromatic N) is 3. The molecule has 1 atom stereocenters. The number of pyridine rings is 1. The molecule has 0 fully saturated rings. The number of aryl methyl sites for hydroxylation is 1. The molecule has 1 aromatic heterocycles. The van der Waals surface area contributed by atoms with E-state index in [1.54, 1.807) is 18.1 Å². The molecule has 0 aliphatic carbocycles. The summed E-state index contributed by atoms with van der Waals surface area (Å²) in [6.07, 6.45) is 3.87. The van der Waals surface area contributed by atoms with Crippen molar-refractivity contribution < 1.29 is 4.74 Å². The molecule has 0 spiro atoms. The number of hydrogen-bond donors (Lipinski definition) is 0. The van der Waals surface area contributed by atoms with Gasteiger partial charge in [-0.1, -0.05) is 30.3 Å². The van der Waals surface area contributed by atoms with E-state index in [-0.39, 0.29) is 6.04 Å². The lowest BCUT2D eigenvalue weighted by Gasteiger charge is -2.23. The van der Waals surface area contributed by atoms with Crippen LogP contribution in [0, 0.1) is 18.4 Å². The van der Waals surface area contributed by atoms with Crippen LogP contribution in [0.5, 0.6) is 5.75 Å². The monoisotopic (exact) mass is 267 g/mol. The van der Waals surface area contributed by atoms with Gasteiger partial charge in [-0.15, -0.1) is 0 Å². The van der Waals surface area contributed by atoms with Crippen molar-refractivity contribution in [3.63, 3.8) is 0 Å². The Labute approximate surface area is 119 Å². The summed E-state index contributed by atoms with van der Waals surface area (Å²) in [6.45, 7) is 2.33. The second-order valence-electron chi connectivity index (χ2n) is 4.58. The zero-order chi connectivity index (χ0) is 14.4. The van der Waals surface area contributed by atoms with Gasteiger partial charge in [0.05, 0.1) is 6.04 Å². The first-order chi connectivity index (χ1) is 9.70. The van der Waals surface area contributed by atoms with Crippen LogP contribution in [0.4, 0.5) is 0 Å². The molecule has 1 unspecified atom stereocenters. The van der Waals surface area contributed by atoms with Crippen LogP contribution in [-0.2, 0) is 0 Å². The van der Waals surface area contributed by atoms with Gasteiger partial charge in [0.2, 0.25) is 0 Å². The van der Waals surface area contributed by atoms with Gasteiger partial charge in [-0.3, -0.25) is 4.98 Å². The summed E-state index contributed by atoms with van der Waals surface area (Å²) in [5.41, 5.74) is 1.97. The summed E-state index contributed by atoms with van der Waals surface area (Å²) in [4.78, 5) is 5.73. The first-order valence-electron chi connectivity index (χ1n) is 6.43. The Morgan fingerprint density at radius 1 is 1.30 bits per heavy atom. The fourth-order valence-electron chi connectivity index (χ4n) is 1.96. The molecule has 4 nitrogen and oxygen atoms in total. The van der Waals surface area contributed by atoms with Crippen molar-refractivity contribution in [2.45, 2.75) is 13.0 Å². The lowest BCUT2D eigenvalue weighted by atomic mass is 10.1. The molecule has 0 radical (unpaired) electrons. The van der Waals surface area contributed by atoms with Crippen molar-refractivity contribution in [3.8, 4) is 11.9 Å². The summed E-state index contributed by atoms with van der Waals surface area (Å²) in [5.74, 6) is 0.768. The van der Waals surface area contributed by atoms with Crippen molar-refractivity contribution in [2.75, 3.05) is 13.7 Å². The molecule has 0 saturated heterocycles. The van der Waals surface area contributed by atoms with Gasteiger partial charge in [-0.05, 0) is 18.6 Å². The van der Waals surface area contributed by atoms with Crippen LogP contribution in [-0.4, -0.2) is 23.5 Å². The van der Waals surface area contributed by atoms with Gasteiger partial charge in [0.1, 0.15) is 12.4 Å². The zero-order valence-corrected chi connectivity index (χ0v) is 11.7. The van der Waals surface area contributed by atoms with Crippen LogP contribution < -0.4 is 4.74 Å². The van der Waals surface area contributed by atoms with Gasteiger partial charge in [0.25, 0.3) is 0 Å². The maximum atomic E-state index is 9.12. The second kappa shape index (κ2) is 6.58. The van der Waals surface area contributed by atoms with Gasteiger partial charge in [0, 0.05) is 25.0 Å². The first-order valence-corrected chi connectivity index (χ1v) is 6.43. The summed E-state index contributed by atoms with van der Waals surface area (Å²) in [7, 11) is 1.76. The Kier molecular flexibility index (Phi) is 4.56. The van der Waals surface area contributed by atoms with Crippen LogP contribution in [0.25, 0.3) is 0 Å². The van der Waals surface area contributed by atoms with E-state index >= 15 is 0 Å². The number of rotatable bonds is 5. The first kappa shape index (κ1) is 13.9. The van der Waals surface area contributed by atoms with Crippen molar-refractivity contribution in [3.05, 3.63) is 59.9 Å². The zero-order valence-electron chi connectivity index (χ0n) is 11.7. The van der Waals surface area contributed by atoms with E-state index in [1.807, 2.05) is 49.4 Å². The number of aromatic nitrogens is 1. The Balaban J connectivity index is 2.11. The van der Waals surface area contributed by atoms with E-state index in [9.17, 15) is 0 Å². The molecular formula is C16H17N3O. The minimum absolute atomic E-state index is 0.102. The normalized spacial score (nSPS) is 11.4. The predicted molar refractivity (Wildman–Crippen MR) is 77.0 cm³/mol. The Bertz CT molecular complexity index is 592. The van der Waals surface area contributed by atoms with Crippen LogP contribution >= 0.6 is 0 Å². The Morgan fingerprint density at radius 2 is 2.05 bits per heavy atom. The van der Waals surface area contributed by atoms with Crippen molar-refractivity contribution in [1.82, 2.24) is 9.88 Å². The molecule has 0 aliphatic heterocycles. The summed E-state index contributed by atoms with van der Waals surface area (Å²) in [5, 5.41) is 9.12. The molecule has 1 heterocycles. The van der Waals surface area contributed by atoms with Gasteiger partial charge >= 0.3 is 0 Å². The van der Waals surface area contributed by atoms with Gasteiger partial charge in [-0.25, -0.2) is 0 Å². The third-order valence-corrected chi connectivity index (χ3v) is 3.09. The lowest BCUT2D eigenvalue weighted by molar-refractivity contribution is 0.208. The number of ether oxygens (including phenoxy) is 1. The van der Waals surface area contributed by atoms with Crippen LogP contribution in [0.1, 0.15) is 17.3 Å². The van der Waals surface area contributed by atoms with Crippen LogP contribution in [0.15, 0.2) is 48.7 Å². The second-order valence-corrected chi connectivity index (χ2v) is 4.58. The van der Waals surface area contributed by atoms with Gasteiger partial charge in [-0.2, -0.15) is 5.26 Å². The maximum absolute atomic E-state index is 9.12. The van der Waals surface area contributed by atoms with E-state index in [0.29, 0.717) is 6.61 Å². The smallest absolute Gasteiger partial charge is 0.179 e. The number of likely N-dealkylation sites (N-methyl/N-ethyl adjacent to an activating group) is 1. The van der Waals surface area contributed by atoms with Crippen LogP contribution in [0.3, 0.4) is 0 Å². The lowest BCUT2D eigenvalue weighted by Crippen LogP contribution is -2.25. The topological polar surface area (TPSA) is 49.1 Å². The third-order valence-electron chi connectivity index (χ3n) is 3.09.